The molecule has 1 aromatic rings. The van der Waals surface area contributed by atoms with Gasteiger partial charge in [-0.15, -0.1) is 0 Å². The summed E-state index contributed by atoms with van der Waals surface area (Å²) < 4.78 is 5.20. The predicted molar refractivity (Wildman–Crippen MR) is 70.9 cm³/mol. The molecule has 0 aliphatic carbocycles. The molecule has 0 aromatic heterocycles. The number of para-hydroxylation sites is 2. The normalized spacial score (nSPS) is 21.6. The van der Waals surface area contributed by atoms with E-state index in [9.17, 15) is 4.79 Å². The fourth-order valence-electron chi connectivity index (χ4n) is 1.82. The van der Waals surface area contributed by atoms with Crippen molar-refractivity contribution in [1.82, 2.24) is 5.32 Å². The smallest absolute Gasteiger partial charge is 0.267 e. The van der Waals surface area contributed by atoms with Crippen molar-refractivity contribution in [2.24, 2.45) is 5.10 Å². The number of hydrazone groups is 1. The number of hydrogen-bond donors (Lipinski definition) is 2. The average molecular weight is 247 g/mol. The fourth-order valence-corrected chi connectivity index (χ4v) is 1.82. The second-order valence-corrected chi connectivity index (χ2v) is 4.28. The number of hydrogen-bond acceptors (Lipinski definition) is 4. The molecular formula is C13H17N3O2. The third kappa shape index (κ3) is 2.80. The molecule has 2 N–H and O–H groups in total. The van der Waals surface area contributed by atoms with Crippen molar-refractivity contribution in [3.8, 4) is 5.75 Å². The summed E-state index contributed by atoms with van der Waals surface area (Å²) in [5.41, 5.74) is 4.16. The van der Waals surface area contributed by atoms with Crippen molar-refractivity contribution in [1.29, 1.82) is 0 Å². The Morgan fingerprint density at radius 1 is 1.44 bits per heavy atom. The highest BCUT2D eigenvalue weighted by molar-refractivity contribution is 6.39. The molecule has 1 fully saturated rings. The number of carbonyl (C=O) groups is 1. The Balaban J connectivity index is 2.08. The third-order valence-corrected chi connectivity index (χ3v) is 2.87. The summed E-state index contributed by atoms with van der Waals surface area (Å²) in [7, 11) is 1.60. The van der Waals surface area contributed by atoms with Crippen LogP contribution in [0.5, 0.6) is 5.75 Å². The number of nitrogens with one attached hydrogen (secondary N) is 2. The Kier molecular flexibility index (Phi) is 3.82. The van der Waals surface area contributed by atoms with Crippen LogP contribution in [0.1, 0.15) is 19.8 Å². The number of anilines is 1. The van der Waals surface area contributed by atoms with E-state index in [0.717, 1.165) is 12.1 Å². The molecule has 0 radical (unpaired) electrons. The molecule has 0 spiro atoms. The van der Waals surface area contributed by atoms with Crippen LogP contribution < -0.4 is 15.5 Å². The van der Waals surface area contributed by atoms with Crippen LogP contribution >= 0.6 is 0 Å². The number of nitrogens with zero attached hydrogens (tertiary/aromatic N) is 1. The van der Waals surface area contributed by atoms with Gasteiger partial charge >= 0.3 is 0 Å². The minimum absolute atomic E-state index is 0.101. The summed E-state index contributed by atoms with van der Waals surface area (Å²) in [6.07, 6.45) is 1.60. The van der Waals surface area contributed by atoms with Crippen molar-refractivity contribution >= 4 is 17.3 Å². The largest absolute Gasteiger partial charge is 0.495 e. The molecule has 1 aliphatic heterocycles. The highest BCUT2D eigenvalue weighted by Crippen LogP contribution is 2.23. The standard InChI is InChI=1S/C13H17N3O2/c1-9-7-8-11(13(17)14-9)16-15-10-5-3-4-6-12(10)18-2/h3-6,9,15H,7-8H2,1-2H3,(H,14,17)/b16-11+. The zero-order valence-corrected chi connectivity index (χ0v) is 10.6. The van der Waals surface area contributed by atoms with Crippen molar-refractivity contribution in [3.05, 3.63) is 24.3 Å². The fraction of sp³-hybridized carbons (Fsp3) is 0.385. The van der Waals surface area contributed by atoms with Crippen molar-refractivity contribution in [3.63, 3.8) is 0 Å². The van der Waals surface area contributed by atoms with Crippen molar-refractivity contribution in [2.45, 2.75) is 25.8 Å². The van der Waals surface area contributed by atoms with Crippen LogP contribution in [-0.2, 0) is 4.79 Å². The number of ether oxygens (including phenoxy) is 1. The Morgan fingerprint density at radius 2 is 2.22 bits per heavy atom. The molecule has 2 rings (SSSR count). The van der Waals surface area contributed by atoms with Gasteiger partial charge in [-0.1, -0.05) is 12.1 Å². The van der Waals surface area contributed by atoms with Crippen LogP contribution in [0.25, 0.3) is 0 Å². The van der Waals surface area contributed by atoms with Gasteiger partial charge in [0.15, 0.2) is 0 Å². The van der Waals surface area contributed by atoms with Crippen LogP contribution in [0.4, 0.5) is 5.69 Å². The first-order valence-corrected chi connectivity index (χ1v) is 5.97. The highest BCUT2D eigenvalue weighted by Gasteiger charge is 2.20. The van der Waals surface area contributed by atoms with E-state index >= 15 is 0 Å². The number of amides is 1. The Morgan fingerprint density at radius 3 is 2.94 bits per heavy atom. The molecule has 18 heavy (non-hydrogen) atoms. The van der Waals surface area contributed by atoms with Crippen LogP contribution in [0, 0.1) is 0 Å². The molecule has 1 aromatic carbocycles. The Hall–Kier alpha value is -2.04. The number of methoxy groups -OCH3 is 1. The predicted octanol–water partition coefficient (Wildman–Crippen LogP) is 1.76. The first-order valence-electron chi connectivity index (χ1n) is 5.97. The van der Waals surface area contributed by atoms with E-state index in [0.29, 0.717) is 17.9 Å². The number of carbonyl (C=O) groups excluding carboxylic acids is 1. The molecule has 1 saturated heterocycles. The lowest BCUT2D eigenvalue weighted by atomic mass is 10.0. The van der Waals surface area contributed by atoms with E-state index < -0.39 is 0 Å². The van der Waals surface area contributed by atoms with E-state index in [-0.39, 0.29) is 11.9 Å². The van der Waals surface area contributed by atoms with Crippen LogP contribution in [0.3, 0.4) is 0 Å². The van der Waals surface area contributed by atoms with Gasteiger partial charge in [0.05, 0.1) is 12.8 Å². The minimum Gasteiger partial charge on any atom is -0.495 e. The molecule has 5 heteroatoms. The lowest BCUT2D eigenvalue weighted by Gasteiger charge is -2.20. The minimum atomic E-state index is -0.101. The molecular weight excluding hydrogens is 230 g/mol. The maximum Gasteiger partial charge on any atom is 0.267 e. The molecule has 0 saturated carbocycles. The first-order chi connectivity index (χ1) is 8.70. The second-order valence-electron chi connectivity index (χ2n) is 4.28. The van der Waals surface area contributed by atoms with Gasteiger partial charge in [0.2, 0.25) is 0 Å². The molecule has 1 atom stereocenters. The zero-order chi connectivity index (χ0) is 13.0. The monoisotopic (exact) mass is 247 g/mol. The molecule has 0 bridgehead atoms. The lowest BCUT2D eigenvalue weighted by molar-refractivity contribution is -0.116. The molecule has 1 heterocycles. The van der Waals surface area contributed by atoms with Gasteiger partial charge in [0.1, 0.15) is 11.5 Å². The SMILES string of the molecule is COc1ccccc1N/N=C1\CCC(C)NC1=O. The van der Waals surface area contributed by atoms with Gasteiger partial charge in [-0.05, 0) is 31.9 Å². The number of piperidine rings is 1. The highest BCUT2D eigenvalue weighted by atomic mass is 16.5. The molecule has 96 valence electrons. The molecule has 1 aliphatic rings. The van der Waals surface area contributed by atoms with Gasteiger partial charge in [0.25, 0.3) is 5.91 Å². The van der Waals surface area contributed by atoms with Gasteiger partial charge in [-0.25, -0.2) is 0 Å². The van der Waals surface area contributed by atoms with E-state index in [1.165, 1.54) is 0 Å². The van der Waals surface area contributed by atoms with Gasteiger partial charge in [-0.2, -0.15) is 5.10 Å². The van der Waals surface area contributed by atoms with Gasteiger partial charge < -0.3 is 10.1 Å². The van der Waals surface area contributed by atoms with E-state index in [2.05, 4.69) is 15.8 Å². The summed E-state index contributed by atoms with van der Waals surface area (Å²) in [4.78, 5) is 11.7. The van der Waals surface area contributed by atoms with Crippen LogP contribution in [0.15, 0.2) is 29.4 Å². The topological polar surface area (TPSA) is 62.7 Å². The third-order valence-electron chi connectivity index (χ3n) is 2.87. The lowest BCUT2D eigenvalue weighted by Crippen LogP contribution is -2.43. The van der Waals surface area contributed by atoms with E-state index in [4.69, 9.17) is 4.74 Å². The summed E-state index contributed by atoms with van der Waals surface area (Å²) in [6, 6.07) is 7.68. The van der Waals surface area contributed by atoms with Crippen molar-refractivity contribution in [2.75, 3.05) is 12.5 Å². The number of rotatable bonds is 3. The van der Waals surface area contributed by atoms with Crippen molar-refractivity contribution < 1.29 is 9.53 Å². The summed E-state index contributed by atoms with van der Waals surface area (Å²) in [5, 5.41) is 7.01. The molecule has 1 unspecified atom stereocenters. The molecule has 1 amide bonds. The van der Waals surface area contributed by atoms with E-state index in [1.807, 2.05) is 31.2 Å². The summed E-state index contributed by atoms with van der Waals surface area (Å²) in [6.45, 7) is 1.99. The Labute approximate surface area is 106 Å². The maximum atomic E-state index is 11.7. The summed E-state index contributed by atoms with van der Waals surface area (Å²) >= 11 is 0. The van der Waals surface area contributed by atoms with Crippen LogP contribution in [-0.4, -0.2) is 24.8 Å². The average Bonchev–Trinajstić information content (AvgIpc) is 2.38. The molecule has 5 nitrogen and oxygen atoms in total. The van der Waals surface area contributed by atoms with E-state index in [1.54, 1.807) is 7.11 Å². The quantitative estimate of drug-likeness (QED) is 0.800. The number of benzene rings is 1. The first kappa shape index (κ1) is 12.4. The maximum absolute atomic E-state index is 11.7. The van der Waals surface area contributed by atoms with Crippen LogP contribution in [0.2, 0.25) is 0 Å². The van der Waals surface area contributed by atoms with Gasteiger partial charge in [-0.3, -0.25) is 10.2 Å². The van der Waals surface area contributed by atoms with Gasteiger partial charge in [0, 0.05) is 6.04 Å². The zero-order valence-electron chi connectivity index (χ0n) is 10.6. The Bertz CT molecular complexity index is 471. The summed E-state index contributed by atoms with van der Waals surface area (Å²) in [5.74, 6) is 0.600. The second kappa shape index (κ2) is 5.53.